The molecule has 1 aromatic carbocycles. The lowest BCUT2D eigenvalue weighted by Gasteiger charge is -2.14. The largest absolute Gasteiger partial charge is 0.461 e. The third kappa shape index (κ3) is 3.20. The van der Waals surface area contributed by atoms with E-state index in [1.807, 2.05) is 44.2 Å². The highest BCUT2D eigenvalue weighted by Crippen LogP contribution is 2.21. The van der Waals surface area contributed by atoms with Crippen LogP contribution >= 0.6 is 12.4 Å². The monoisotopic (exact) mass is 255 g/mol. The lowest BCUT2D eigenvalue weighted by Crippen LogP contribution is -2.37. The summed E-state index contributed by atoms with van der Waals surface area (Å²) in [5.41, 5.74) is 1.18. The predicted molar refractivity (Wildman–Crippen MR) is 69.0 cm³/mol. The Bertz CT molecular complexity index is 369. The molecule has 0 unspecified atom stereocenters. The first-order valence-electron chi connectivity index (χ1n) is 5.66. The number of carbonyl (C=O) groups is 1. The van der Waals surface area contributed by atoms with E-state index in [-0.39, 0.29) is 36.4 Å². The Hall–Kier alpha value is -1.06. The van der Waals surface area contributed by atoms with Gasteiger partial charge < -0.3 is 4.74 Å². The first-order valence-corrected chi connectivity index (χ1v) is 5.66. The molecular formula is C13H18ClNO2. The summed E-state index contributed by atoms with van der Waals surface area (Å²) < 4.78 is 5.17. The zero-order valence-electron chi connectivity index (χ0n) is 10.1. The number of carbonyl (C=O) groups excluding carboxylic acids is 1. The number of benzene rings is 1. The molecule has 1 fully saturated rings. The molecular weight excluding hydrogens is 238 g/mol. The summed E-state index contributed by atoms with van der Waals surface area (Å²) in [4.78, 5) is 11.5. The molecule has 3 nitrogen and oxygen atoms in total. The fraction of sp³-hybridized carbons (Fsp3) is 0.462. The van der Waals surface area contributed by atoms with Crippen molar-refractivity contribution in [3.63, 3.8) is 0 Å². The van der Waals surface area contributed by atoms with Crippen molar-refractivity contribution in [3.8, 4) is 0 Å². The Kier molecular flexibility index (Phi) is 4.97. The van der Waals surface area contributed by atoms with Gasteiger partial charge in [0.15, 0.2) is 0 Å². The first kappa shape index (κ1) is 14.0. The normalized spacial score (nSPS) is 27.4. The topological polar surface area (TPSA) is 38.3 Å². The van der Waals surface area contributed by atoms with Crippen molar-refractivity contribution in [1.82, 2.24) is 5.32 Å². The molecule has 2 rings (SSSR count). The van der Waals surface area contributed by atoms with Crippen LogP contribution in [0.25, 0.3) is 0 Å². The lowest BCUT2D eigenvalue weighted by atomic mass is 10.00. The molecule has 0 amide bonds. The minimum atomic E-state index is -0.171. The third-order valence-electron chi connectivity index (χ3n) is 3.19. The van der Waals surface area contributed by atoms with Crippen LogP contribution in [0.1, 0.15) is 19.4 Å². The van der Waals surface area contributed by atoms with E-state index in [9.17, 15) is 4.79 Å². The van der Waals surface area contributed by atoms with Crippen molar-refractivity contribution in [1.29, 1.82) is 0 Å². The summed E-state index contributed by atoms with van der Waals surface area (Å²) in [7, 11) is 0. The van der Waals surface area contributed by atoms with Crippen LogP contribution in [0.2, 0.25) is 0 Å². The van der Waals surface area contributed by atoms with Crippen LogP contribution < -0.4 is 5.32 Å². The second kappa shape index (κ2) is 6.03. The number of cyclic esters (lactones) is 1. The smallest absolute Gasteiger partial charge is 0.323 e. The Labute approximate surface area is 108 Å². The van der Waals surface area contributed by atoms with Gasteiger partial charge in [0.25, 0.3) is 0 Å². The molecule has 1 saturated heterocycles. The highest BCUT2D eigenvalue weighted by atomic mass is 35.5. The van der Waals surface area contributed by atoms with E-state index in [2.05, 4.69) is 5.32 Å². The standard InChI is InChI=1S/C13H17NO2.ClH/c1-9-10(2)16-13(15)12(9)14-8-11-6-4-3-5-7-11;/h3-7,9-10,12,14H,8H2,1-2H3;1H/t9-,10-,12+;/m0./s1. The van der Waals surface area contributed by atoms with Gasteiger partial charge in [-0.25, -0.2) is 0 Å². The number of nitrogens with one attached hydrogen (secondary N) is 1. The Morgan fingerprint density at radius 3 is 2.41 bits per heavy atom. The van der Waals surface area contributed by atoms with Gasteiger partial charge in [-0.05, 0) is 12.5 Å². The molecule has 0 spiro atoms. The molecule has 3 atom stereocenters. The summed E-state index contributed by atoms with van der Waals surface area (Å²) >= 11 is 0. The van der Waals surface area contributed by atoms with E-state index in [4.69, 9.17) is 4.74 Å². The van der Waals surface area contributed by atoms with Crippen LogP contribution in [0, 0.1) is 5.92 Å². The van der Waals surface area contributed by atoms with Gasteiger partial charge in [-0.2, -0.15) is 0 Å². The number of halogens is 1. The van der Waals surface area contributed by atoms with Crippen molar-refractivity contribution in [2.45, 2.75) is 32.5 Å². The summed E-state index contributed by atoms with van der Waals surface area (Å²) in [6, 6.07) is 9.89. The zero-order valence-corrected chi connectivity index (χ0v) is 10.9. The average Bonchev–Trinajstić information content (AvgIpc) is 2.53. The first-order chi connectivity index (χ1) is 7.68. The number of esters is 1. The fourth-order valence-corrected chi connectivity index (χ4v) is 1.94. The molecule has 1 N–H and O–H groups in total. The number of ether oxygens (including phenoxy) is 1. The summed E-state index contributed by atoms with van der Waals surface area (Å²) in [6.07, 6.45) is 0.0146. The maximum Gasteiger partial charge on any atom is 0.323 e. The van der Waals surface area contributed by atoms with Gasteiger partial charge in [-0.15, -0.1) is 12.4 Å². The Morgan fingerprint density at radius 2 is 1.88 bits per heavy atom. The second-order valence-corrected chi connectivity index (χ2v) is 4.35. The van der Waals surface area contributed by atoms with E-state index in [0.717, 1.165) is 0 Å². The molecule has 1 aliphatic rings. The van der Waals surface area contributed by atoms with Crippen LogP contribution in [-0.2, 0) is 16.1 Å². The van der Waals surface area contributed by atoms with Crippen molar-refractivity contribution >= 4 is 18.4 Å². The van der Waals surface area contributed by atoms with Crippen LogP contribution in [0.5, 0.6) is 0 Å². The minimum absolute atomic E-state index is 0. The van der Waals surface area contributed by atoms with E-state index in [1.54, 1.807) is 0 Å². The molecule has 94 valence electrons. The fourth-order valence-electron chi connectivity index (χ4n) is 1.94. The third-order valence-corrected chi connectivity index (χ3v) is 3.19. The number of hydrogen-bond acceptors (Lipinski definition) is 3. The second-order valence-electron chi connectivity index (χ2n) is 4.35. The molecule has 1 aromatic rings. The molecule has 1 heterocycles. The average molecular weight is 256 g/mol. The number of hydrogen-bond donors (Lipinski definition) is 1. The van der Waals surface area contributed by atoms with E-state index >= 15 is 0 Å². The van der Waals surface area contributed by atoms with E-state index in [1.165, 1.54) is 5.56 Å². The molecule has 0 aromatic heterocycles. The SMILES string of the molecule is C[C@H]1[C@H](C)OC(=O)[C@@H]1NCc1ccccc1.Cl. The van der Waals surface area contributed by atoms with Crippen LogP contribution in [0.15, 0.2) is 30.3 Å². The van der Waals surface area contributed by atoms with Gasteiger partial charge in [0, 0.05) is 12.5 Å². The van der Waals surface area contributed by atoms with Crippen LogP contribution in [0.3, 0.4) is 0 Å². The van der Waals surface area contributed by atoms with Crippen molar-refractivity contribution in [3.05, 3.63) is 35.9 Å². The van der Waals surface area contributed by atoms with Crippen molar-refractivity contribution in [2.75, 3.05) is 0 Å². The molecule has 0 bridgehead atoms. The molecule has 4 heteroatoms. The van der Waals surface area contributed by atoms with Crippen LogP contribution in [-0.4, -0.2) is 18.1 Å². The Morgan fingerprint density at radius 1 is 1.24 bits per heavy atom. The summed E-state index contributed by atoms with van der Waals surface area (Å²) in [5.74, 6) is 0.104. The highest BCUT2D eigenvalue weighted by molar-refractivity contribution is 5.85. The molecule has 0 aliphatic carbocycles. The quantitative estimate of drug-likeness (QED) is 0.841. The van der Waals surface area contributed by atoms with E-state index < -0.39 is 0 Å². The van der Waals surface area contributed by atoms with Gasteiger partial charge in [0.1, 0.15) is 12.1 Å². The molecule has 1 aliphatic heterocycles. The van der Waals surface area contributed by atoms with Crippen LogP contribution in [0.4, 0.5) is 0 Å². The molecule has 0 saturated carbocycles. The van der Waals surface area contributed by atoms with Gasteiger partial charge in [-0.3, -0.25) is 10.1 Å². The van der Waals surface area contributed by atoms with Gasteiger partial charge in [0.2, 0.25) is 0 Å². The Balaban J connectivity index is 0.00000144. The predicted octanol–water partition coefficient (Wildman–Crippen LogP) is 2.15. The minimum Gasteiger partial charge on any atom is -0.461 e. The van der Waals surface area contributed by atoms with Gasteiger partial charge in [0.05, 0.1) is 0 Å². The summed E-state index contributed by atoms with van der Waals surface area (Å²) in [5, 5.41) is 3.25. The van der Waals surface area contributed by atoms with Crippen molar-refractivity contribution < 1.29 is 9.53 Å². The lowest BCUT2D eigenvalue weighted by molar-refractivity contribution is -0.142. The van der Waals surface area contributed by atoms with Gasteiger partial charge >= 0.3 is 5.97 Å². The highest BCUT2D eigenvalue weighted by Gasteiger charge is 2.38. The maximum absolute atomic E-state index is 11.5. The maximum atomic E-state index is 11.5. The van der Waals surface area contributed by atoms with Crippen molar-refractivity contribution in [2.24, 2.45) is 5.92 Å². The molecule has 0 radical (unpaired) electrons. The zero-order chi connectivity index (χ0) is 11.5. The molecule has 17 heavy (non-hydrogen) atoms. The van der Waals surface area contributed by atoms with Gasteiger partial charge in [-0.1, -0.05) is 37.3 Å². The van der Waals surface area contributed by atoms with E-state index in [0.29, 0.717) is 6.54 Å². The summed E-state index contributed by atoms with van der Waals surface area (Å²) in [6.45, 7) is 4.68. The number of rotatable bonds is 3.